The Morgan fingerprint density at radius 1 is 1.00 bits per heavy atom. The van der Waals surface area contributed by atoms with Gasteiger partial charge in [-0.3, -0.25) is 19.1 Å². The van der Waals surface area contributed by atoms with Crippen molar-refractivity contribution in [3.05, 3.63) is 54.0 Å². The molecular weight excluding hydrogens is 354 g/mol. The minimum atomic E-state index is -0.0823. The van der Waals surface area contributed by atoms with E-state index >= 15 is 0 Å². The van der Waals surface area contributed by atoms with Crippen LogP contribution in [0.2, 0.25) is 0 Å². The second-order valence-electron chi connectivity index (χ2n) is 7.77. The van der Waals surface area contributed by atoms with Crippen molar-refractivity contribution in [2.75, 3.05) is 13.1 Å². The first-order valence-corrected chi connectivity index (χ1v) is 10.3. The number of piperidine rings is 1. The molecule has 1 aliphatic carbocycles. The Labute approximate surface area is 164 Å². The molecular formula is C22H27N3O3. The van der Waals surface area contributed by atoms with Crippen LogP contribution in [0.25, 0.3) is 0 Å². The monoisotopic (exact) mass is 381 g/mol. The predicted molar refractivity (Wildman–Crippen MR) is 105 cm³/mol. The molecule has 0 N–H and O–H groups in total. The number of rotatable bonds is 3. The predicted octanol–water partition coefficient (Wildman–Crippen LogP) is 3.51. The van der Waals surface area contributed by atoms with Crippen molar-refractivity contribution in [2.45, 2.75) is 51.0 Å². The fourth-order valence-corrected chi connectivity index (χ4v) is 4.22. The Bertz CT molecular complexity index is 870. The molecule has 0 aromatic carbocycles. The van der Waals surface area contributed by atoms with Crippen LogP contribution < -0.4 is 5.49 Å². The van der Waals surface area contributed by atoms with E-state index in [0.29, 0.717) is 37.5 Å². The van der Waals surface area contributed by atoms with Gasteiger partial charge in [0.15, 0.2) is 0 Å². The minimum absolute atomic E-state index is 0.0278. The molecule has 4 rings (SSSR count). The van der Waals surface area contributed by atoms with Crippen LogP contribution in [0.3, 0.4) is 0 Å². The summed E-state index contributed by atoms with van der Waals surface area (Å²) in [5.74, 6) is -0.0216. The van der Waals surface area contributed by atoms with Crippen molar-refractivity contribution in [1.29, 1.82) is 0 Å². The van der Waals surface area contributed by atoms with Crippen LogP contribution in [0.15, 0.2) is 52.4 Å². The van der Waals surface area contributed by atoms with E-state index in [2.05, 4.69) is 0 Å². The SMILES string of the molecule is O=C(c1ccoc1)N1CCC(C(=O)n2ccccc2=NC2CCCCC2)CC1. The number of nitrogens with zero attached hydrogens (tertiary/aromatic N) is 3. The third kappa shape index (κ3) is 4.11. The topological polar surface area (TPSA) is 67.8 Å². The lowest BCUT2D eigenvalue weighted by Crippen LogP contribution is -2.42. The second-order valence-corrected chi connectivity index (χ2v) is 7.77. The summed E-state index contributed by atoms with van der Waals surface area (Å²) in [5, 5.41) is 0. The fourth-order valence-electron chi connectivity index (χ4n) is 4.22. The normalized spacial score (nSPS) is 19.7. The van der Waals surface area contributed by atoms with Gasteiger partial charge in [0.25, 0.3) is 5.91 Å². The molecule has 3 heterocycles. The van der Waals surface area contributed by atoms with E-state index in [0.717, 1.165) is 18.3 Å². The lowest BCUT2D eigenvalue weighted by atomic mass is 9.95. The van der Waals surface area contributed by atoms with Crippen molar-refractivity contribution in [3.8, 4) is 0 Å². The van der Waals surface area contributed by atoms with Crippen LogP contribution >= 0.6 is 0 Å². The number of carbonyl (C=O) groups is 2. The largest absolute Gasteiger partial charge is 0.472 e. The summed E-state index contributed by atoms with van der Waals surface area (Å²) in [7, 11) is 0. The summed E-state index contributed by atoms with van der Waals surface area (Å²) in [6.07, 6.45) is 12.1. The maximum absolute atomic E-state index is 13.2. The van der Waals surface area contributed by atoms with Gasteiger partial charge in [0.1, 0.15) is 11.8 Å². The van der Waals surface area contributed by atoms with Crippen molar-refractivity contribution in [1.82, 2.24) is 9.47 Å². The number of likely N-dealkylation sites (tertiary alicyclic amines) is 1. The first kappa shape index (κ1) is 18.7. The molecule has 2 aromatic heterocycles. The van der Waals surface area contributed by atoms with Crippen LogP contribution in [-0.4, -0.2) is 40.4 Å². The first-order chi connectivity index (χ1) is 13.7. The van der Waals surface area contributed by atoms with Crippen LogP contribution in [0.4, 0.5) is 0 Å². The Balaban J connectivity index is 1.44. The summed E-state index contributed by atoms with van der Waals surface area (Å²) >= 11 is 0. The van der Waals surface area contributed by atoms with E-state index in [9.17, 15) is 9.59 Å². The standard InChI is InChI=1S/C22H27N3O3/c26-21(18-11-15-28-16-18)24-13-9-17(10-14-24)22(27)25-12-5-4-8-20(25)23-19-6-2-1-3-7-19/h4-5,8,11-12,15-17,19H,1-3,6-7,9-10,13-14H2. The molecule has 28 heavy (non-hydrogen) atoms. The second kappa shape index (κ2) is 8.59. The summed E-state index contributed by atoms with van der Waals surface area (Å²) in [6.45, 7) is 1.17. The minimum Gasteiger partial charge on any atom is -0.472 e. The molecule has 1 aliphatic heterocycles. The third-order valence-electron chi connectivity index (χ3n) is 5.86. The lowest BCUT2D eigenvalue weighted by Gasteiger charge is -2.31. The van der Waals surface area contributed by atoms with Gasteiger partial charge in [-0.05, 0) is 43.9 Å². The Morgan fingerprint density at radius 3 is 2.50 bits per heavy atom. The average molecular weight is 381 g/mol. The average Bonchev–Trinajstić information content (AvgIpc) is 3.29. The van der Waals surface area contributed by atoms with Crippen molar-refractivity contribution in [2.24, 2.45) is 10.9 Å². The van der Waals surface area contributed by atoms with Gasteiger partial charge >= 0.3 is 0 Å². The van der Waals surface area contributed by atoms with Gasteiger partial charge in [-0.25, -0.2) is 0 Å². The number of aromatic nitrogens is 1. The van der Waals surface area contributed by atoms with Gasteiger partial charge in [0.05, 0.1) is 17.9 Å². The molecule has 2 aromatic rings. The van der Waals surface area contributed by atoms with Crippen molar-refractivity contribution >= 4 is 11.8 Å². The number of amides is 1. The molecule has 0 spiro atoms. The molecule has 2 fully saturated rings. The number of furan rings is 1. The number of hydrogen-bond acceptors (Lipinski definition) is 4. The van der Waals surface area contributed by atoms with Gasteiger partial charge in [-0.15, -0.1) is 0 Å². The fraction of sp³-hybridized carbons (Fsp3) is 0.500. The lowest BCUT2D eigenvalue weighted by molar-refractivity contribution is 0.0618. The summed E-state index contributed by atoms with van der Waals surface area (Å²) in [4.78, 5) is 32.3. The van der Waals surface area contributed by atoms with E-state index < -0.39 is 0 Å². The molecule has 6 heteroatoms. The van der Waals surface area contributed by atoms with Crippen LogP contribution in [0.1, 0.15) is 60.1 Å². The van der Waals surface area contributed by atoms with Gasteiger partial charge in [-0.2, -0.15) is 0 Å². The molecule has 0 unspecified atom stereocenters. The van der Waals surface area contributed by atoms with Gasteiger partial charge in [0.2, 0.25) is 5.91 Å². The van der Waals surface area contributed by atoms with E-state index in [-0.39, 0.29) is 17.7 Å². The highest BCUT2D eigenvalue weighted by Crippen LogP contribution is 2.21. The number of pyridine rings is 1. The summed E-state index contributed by atoms with van der Waals surface area (Å²) in [5.41, 5.74) is 1.33. The zero-order valence-corrected chi connectivity index (χ0v) is 16.1. The zero-order chi connectivity index (χ0) is 19.3. The van der Waals surface area contributed by atoms with Gasteiger partial charge in [-0.1, -0.05) is 25.3 Å². The molecule has 6 nitrogen and oxygen atoms in total. The Hall–Kier alpha value is -2.63. The number of hydrogen-bond donors (Lipinski definition) is 0. The molecule has 1 amide bonds. The summed E-state index contributed by atoms with van der Waals surface area (Å²) < 4.78 is 6.72. The first-order valence-electron chi connectivity index (χ1n) is 10.3. The molecule has 2 aliphatic rings. The highest BCUT2D eigenvalue weighted by molar-refractivity contribution is 5.94. The maximum Gasteiger partial charge on any atom is 0.257 e. The van der Waals surface area contributed by atoms with Crippen LogP contribution in [-0.2, 0) is 0 Å². The summed E-state index contributed by atoms with van der Waals surface area (Å²) in [6, 6.07) is 7.76. The highest BCUT2D eigenvalue weighted by Gasteiger charge is 2.29. The van der Waals surface area contributed by atoms with Gasteiger partial charge in [0, 0.05) is 25.2 Å². The maximum atomic E-state index is 13.2. The quantitative estimate of drug-likeness (QED) is 0.817. The zero-order valence-electron chi connectivity index (χ0n) is 16.1. The van der Waals surface area contributed by atoms with E-state index in [1.807, 2.05) is 24.4 Å². The molecule has 0 atom stereocenters. The number of carbonyl (C=O) groups excluding carboxylic acids is 2. The molecule has 0 bridgehead atoms. The Kier molecular flexibility index (Phi) is 5.74. The molecule has 1 saturated heterocycles. The molecule has 0 radical (unpaired) electrons. The Morgan fingerprint density at radius 2 is 1.79 bits per heavy atom. The molecule has 148 valence electrons. The third-order valence-corrected chi connectivity index (χ3v) is 5.86. The van der Waals surface area contributed by atoms with E-state index in [4.69, 9.17) is 9.41 Å². The van der Waals surface area contributed by atoms with Gasteiger partial charge < -0.3 is 9.32 Å². The molecule has 1 saturated carbocycles. The highest BCUT2D eigenvalue weighted by atomic mass is 16.3. The van der Waals surface area contributed by atoms with Crippen LogP contribution in [0, 0.1) is 5.92 Å². The van der Waals surface area contributed by atoms with Crippen LogP contribution in [0.5, 0.6) is 0 Å². The van der Waals surface area contributed by atoms with Crippen molar-refractivity contribution < 1.29 is 14.0 Å². The van der Waals surface area contributed by atoms with E-state index in [1.54, 1.807) is 15.5 Å². The smallest absolute Gasteiger partial charge is 0.257 e. The van der Waals surface area contributed by atoms with E-state index in [1.165, 1.54) is 31.8 Å². The van der Waals surface area contributed by atoms with Crippen molar-refractivity contribution in [3.63, 3.8) is 0 Å².